The largest absolute Gasteiger partial charge is 0.497 e. The Morgan fingerprint density at radius 2 is 2.00 bits per heavy atom. The van der Waals surface area contributed by atoms with Crippen molar-refractivity contribution in [3.05, 3.63) is 40.6 Å². The first kappa shape index (κ1) is 12.8. The van der Waals surface area contributed by atoms with Crippen LogP contribution in [0.5, 0.6) is 11.5 Å². The number of ether oxygens (including phenoxy) is 2. The molecule has 1 aromatic carbocycles. The van der Waals surface area contributed by atoms with Crippen molar-refractivity contribution < 1.29 is 9.47 Å². The Morgan fingerprint density at radius 3 is 2.61 bits per heavy atom. The smallest absolute Gasteiger partial charge is 0.124 e. The average molecular weight is 263 g/mol. The molecule has 0 saturated heterocycles. The number of nitrogens with one attached hydrogen (secondary N) is 1. The van der Waals surface area contributed by atoms with Gasteiger partial charge in [-0.2, -0.15) is 11.3 Å². The number of hydrogen-bond acceptors (Lipinski definition) is 4. The summed E-state index contributed by atoms with van der Waals surface area (Å²) in [6, 6.07) is 8.06. The summed E-state index contributed by atoms with van der Waals surface area (Å²) in [7, 11) is 3.35. The number of anilines is 1. The van der Waals surface area contributed by atoms with E-state index in [1.165, 1.54) is 0 Å². The van der Waals surface area contributed by atoms with Crippen LogP contribution in [0.25, 0.3) is 0 Å². The highest BCUT2D eigenvalue weighted by Gasteiger charge is 2.12. The van der Waals surface area contributed by atoms with E-state index < -0.39 is 0 Å². The van der Waals surface area contributed by atoms with Crippen LogP contribution in [0.1, 0.15) is 18.5 Å². The van der Waals surface area contributed by atoms with E-state index in [0.29, 0.717) is 0 Å². The van der Waals surface area contributed by atoms with Gasteiger partial charge in [-0.25, -0.2) is 0 Å². The first-order valence-corrected chi connectivity index (χ1v) is 6.69. The van der Waals surface area contributed by atoms with Crippen LogP contribution in [0.3, 0.4) is 0 Å². The van der Waals surface area contributed by atoms with Gasteiger partial charge in [-0.05, 0) is 36.6 Å². The standard InChI is InChI=1S/C14H17NO2S/c1-10(15-11-6-7-18-9-11)13-8-12(16-2)4-5-14(13)17-3/h4-10,15H,1-3H3. The van der Waals surface area contributed by atoms with Crippen LogP contribution in [-0.4, -0.2) is 14.2 Å². The number of thiophene rings is 1. The van der Waals surface area contributed by atoms with Gasteiger partial charge in [0.2, 0.25) is 0 Å². The summed E-state index contributed by atoms with van der Waals surface area (Å²) in [5.41, 5.74) is 2.21. The minimum absolute atomic E-state index is 0.157. The minimum atomic E-state index is 0.157. The van der Waals surface area contributed by atoms with Gasteiger partial charge in [0.15, 0.2) is 0 Å². The summed E-state index contributed by atoms with van der Waals surface area (Å²) in [6.45, 7) is 2.11. The molecule has 1 unspecified atom stereocenters. The molecule has 0 bridgehead atoms. The molecular weight excluding hydrogens is 246 g/mol. The van der Waals surface area contributed by atoms with Crippen molar-refractivity contribution in [3.63, 3.8) is 0 Å². The Hall–Kier alpha value is -1.68. The van der Waals surface area contributed by atoms with Crippen LogP contribution in [0.2, 0.25) is 0 Å². The fraction of sp³-hybridized carbons (Fsp3) is 0.286. The highest BCUT2D eigenvalue weighted by Crippen LogP contribution is 2.31. The topological polar surface area (TPSA) is 30.5 Å². The second kappa shape index (κ2) is 5.78. The molecule has 1 atom stereocenters. The van der Waals surface area contributed by atoms with Crippen LogP contribution in [0.4, 0.5) is 5.69 Å². The third kappa shape index (κ3) is 2.76. The summed E-state index contributed by atoms with van der Waals surface area (Å²) in [6.07, 6.45) is 0. The molecule has 1 N–H and O–H groups in total. The second-order valence-corrected chi connectivity index (χ2v) is 4.77. The third-order valence-corrected chi connectivity index (χ3v) is 3.49. The number of methoxy groups -OCH3 is 2. The Morgan fingerprint density at radius 1 is 1.17 bits per heavy atom. The van der Waals surface area contributed by atoms with Crippen LogP contribution in [-0.2, 0) is 0 Å². The molecule has 0 radical (unpaired) electrons. The summed E-state index contributed by atoms with van der Waals surface area (Å²) >= 11 is 1.68. The van der Waals surface area contributed by atoms with Crippen LogP contribution in [0, 0.1) is 0 Å². The van der Waals surface area contributed by atoms with E-state index in [4.69, 9.17) is 9.47 Å². The Bertz CT molecular complexity index is 497. The molecule has 0 aliphatic carbocycles. The summed E-state index contributed by atoms with van der Waals surface area (Å²) in [5, 5.41) is 7.58. The van der Waals surface area contributed by atoms with Crippen molar-refractivity contribution in [1.82, 2.24) is 0 Å². The zero-order valence-corrected chi connectivity index (χ0v) is 11.6. The summed E-state index contributed by atoms with van der Waals surface area (Å²) in [5.74, 6) is 1.70. The summed E-state index contributed by atoms with van der Waals surface area (Å²) in [4.78, 5) is 0. The molecule has 2 aromatic rings. The monoisotopic (exact) mass is 263 g/mol. The van der Waals surface area contributed by atoms with Gasteiger partial charge in [-0.1, -0.05) is 0 Å². The van der Waals surface area contributed by atoms with Crippen molar-refractivity contribution in [1.29, 1.82) is 0 Å². The van der Waals surface area contributed by atoms with Crippen molar-refractivity contribution >= 4 is 17.0 Å². The SMILES string of the molecule is COc1ccc(OC)c(C(C)Nc2ccsc2)c1. The Kier molecular flexibility index (Phi) is 4.10. The lowest BCUT2D eigenvalue weighted by molar-refractivity contribution is 0.397. The molecule has 0 aliphatic rings. The predicted octanol–water partition coefficient (Wildman–Crippen LogP) is 3.94. The zero-order valence-electron chi connectivity index (χ0n) is 10.8. The van der Waals surface area contributed by atoms with Gasteiger partial charge in [-0.15, -0.1) is 0 Å². The molecule has 1 heterocycles. The molecule has 4 heteroatoms. The maximum absolute atomic E-state index is 5.39. The molecule has 18 heavy (non-hydrogen) atoms. The highest BCUT2D eigenvalue weighted by atomic mass is 32.1. The normalized spacial score (nSPS) is 11.9. The van der Waals surface area contributed by atoms with Gasteiger partial charge < -0.3 is 14.8 Å². The van der Waals surface area contributed by atoms with Crippen LogP contribution in [0.15, 0.2) is 35.0 Å². The van der Waals surface area contributed by atoms with Crippen molar-refractivity contribution in [2.24, 2.45) is 0 Å². The maximum atomic E-state index is 5.39. The first-order chi connectivity index (χ1) is 8.74. The van der Waals surface area contributed by atoms with Crippen LogP contribution >= 0.6 is 11.3 Å². The lowest BCUT2D eigenvalue weighted by Gasteiger charge is -2.18. The minimum Gasteiger partial charge on any atom is -0.497 e. The maximum Gasteiger partial charge on any atom is 0.124 e. The lowest BCUT2D eigenvalue weighted by atomic mass is 10.1. The summed E-state index contributed by atoms with van der Waals surface area (Å²) < 4.78 is 10.7. The van der Waals surface area contributed by atoms with Crippen molar-refractivity contribution in [2.45, 2.75) is 13.0 Å². The van der Waals surface area contributed by atoms with E-state index in [9.17, 15) is 0 Å². The van der Waals surface area contributed by atoms with Gasteiger partial charge in [-0.3, -0.25) is 0 Å². The van der Waals surface area contributed by atoms with E-state index in [0.717, 1.165) is 22.7 Å². The molecule has 2 rings (SSSR count). The fourth-order valence-corrected chi connectivity index (χ4v) is 2.45. The molecule has 96 valence electrons. The van der Waals surface area contributed by atoms with E-state index in [1.54, 1.807) is 25.6 Å². The second-order valence-electron chi connectivity index (χ2n) is 3.99. The quantitative estimate of drug-likeness (QED) is 0.886. The van der Waals surface area contributed by atoms with Gasteiger partial charge in [0.25, 0.3) is 0 Å². The lowest BCUT2D eigenvalue weighted by Crippen LogP contribution is -2.07. The molecule has 3 nitrogen and oxygen atoms in total. The van der Waals surface area contributed by atoms with E-state index in [2.05, 4.69) is 29.1 Å². The van der Waals surface area contributed by atoms with Gasteiger partial charge in [0, 0.05) is 16.6 Å². The van der Waals surface area contributed by atoms with Gasteiger partial charge in [0.05, 0.1) is 20.3 Å². The van der Waals surface area contributed by atoms with E-state index in [1.807, 2.05) is 18.2 Å². The molecule has 0 spiro atoms. The van der Waals surface area contributed by atoms with Crippen molar-refractivity contribution in [3.8, 4) is 11.5 Å². The fourth-order valence-electron chi connectivity index (χ4n) is 1.85. The number of benzene rings is 1. The van der Waals surface area contributed by atoms with Crippen LogP contribution < -0.4 is 14.8 Å². The average Bonchev–Trinajstić information content (AvgIpc) is 2.90. The molecule has 0 amide bonds. The Labute approximate surface area is 111 Å². The van der Waals surface area contributed by atoms with Gasteiger partial charge >= 0.3 is 0 Å². The molecule has 1 aromatic heterocycles. The Balaban J connectivity index is 2.24. The number of rotatable bonds is 5. The van der Waals surface area contributed by atoms with Crippen molar-refractivity contribution in [2.75, 3.05) is 19.5 Å². The third-order valence-electron chi connectivity index (χ3n) is 2.81. The predicted molar refractivity (Wildman–Crippen MR) is 75.9 cm³/mol. The van der Waals surface area contributed by atoms with Gasteiger partial charge in [0.1, 0.15) is 11.5 Å². The molecule has 0 saturated carbocycles. The number of hydrogen-bond donors (Lipinski definition) is 1. The molecule has 0 aliphatic heterocycles. The highest BCUT2D eigenvalue weighted by molar-refractivity contribution is 7.08. The zero-order chi connectivity index (χ0) is 13.0. The van der Waals surface area contributed by atoms with E-state index >= 15 is 0 Å². The molecule has 0 fully saturated rings. The van der Waals surface area contributed by atoms with E-state index in [-0.39, 0.29) is 6.04 Å². The first-order valence-electron chi connectivity index (χ1n) is 5.75. The molecular formula is C14H17NO2S.